The van der Waals surface area contributed by atoms with E-state index in [0.717, 1.165) is 24.6 Å². The number of aromatic nitrogens is 1. The molecule has 2 heterocycles. The molecular weight excluding hydrogens is 327 g/mol. The monoisotopic (exact) mass is 346 g/mol. The van der Waals surface area contributed by atoms with Gasteiger partial charge in [0.1, 0.15) is 23.6 Å². The molecule has 0 unspecified atom stereocenters. The number of nitro groups is 1. The fourth-order valence-electron chi connectivity index (χ4n) is 2.99. The topological polar surface area (TPSA) is 71.7 Å². The van der Waals surface area contributed by atoms with Gasteiger partial charge in [-0.1, -0.05) is 0 Å². The summed E-state index contributed by atoms with van der Waals surface area (Å²) in [6, 6.07) is 6.26. The molecule has 3 rings (SSSR count). The molecule has 0 N–H and O–H groups in total. The third-order valence-electron chi connectivity index (χ3n) is 4.35. The first-order chi connectivity index (χ1) is 12.0. The zero-order chi connectivity index (χ0) is 18.0. The average Bonchev–Trinajstić information content (AvgIpc) is 2.61. The van der Waals surface area contributed by atoms with Crippen molar-refractivity contribution in [2.45, 2.75) is 6.92 Å². The number of ether oxygens (including phenoxy) is 1. The number of piperazine rings is 1. The maximum absolute atomic E-state index is 13.3. The number of anilines is 2. The summed E-state index contributed by atoms with van der Waals surface area (Å²) >= 11 is 0. The highest BCUT2D eigenvalue weighted by atomic mass is 19.1. The Labute approximate surface area is 144 Å². The van der Waals surface area contributed by atoms with Crippen molar-refractivity contribution in [1.82, 2.24) is 4.98 Å². The summed E-state index contributed by atoms with van der Waals surface area (Å²) in [5.41, 5.74) is 1.48. The molecule has 1 fully saturated rings. The quantitative estimate of drug-likeness (QED) is 0.626. The summed E-state index contributed by atoms with van der Waals surface area (Å²) < 4.78 is 18.6. The normalized spacial score (nSPS) is 14.5. The van der Waals surface area contributed by atoms with E-state index in [2.05, 4.69) is 14.8 Å². The third-order valence-corrected chi connectivity index (χ3v) is 4.35. The molecule has 0 atom stereocenters. The van der Waals surface area contributed by atoms with Crippen LogP contribution in [0.2, 0.25) is 0 Å². The molecule has 1 aromatic heterocycles. The molecule has 0 radical (unpaired) electrons. The minimum Gasteiger partial charge on any atom is -0.494 e. The highest BCUT2D eigenvalue weighted by Crippen LogP contribution is 2.30. The van der Waals surface area contributed by atoms with Crippen LogP contribution in [0.4, 0.5) is 21.6 Å². The highest BCUT2D eigenvalue weighted by molar-refractivity contribution is 5.60. The number of pyridine rings is 1. The van der Waals surface area contributed by atoms with Crippen LogP contribution in [-0.4, -0.2) is 43.2 Å². The largest absolute Gasteiger partial charge is 0.494 e. The Kier molecular flexibility index (Phi) is 4.69. The molecule has 0 spiro atoms. The lowest BCUT2D eigenvalue weighted by Gasteiger charge is -2.37. The van der Waals surface area contributed by atoms with E-state index in [1.54, 1.807) is 19.1 Å². The molecule has 1 saturated heterocycles. The van der Waals surface area contributed by atoms with Gasteiger partial charge in [0.25, 0.3) is 5.69 Å². The van der Waals surface area contributed by atoms with Gasteiger partial charge in [0.15, 0.2) is 0 Å². The number of nitrogens with zero attached hydrogens (tertiary/aromatic N) is 4. The number of hydrogen-bond donors (Lipinski definition) is 0. The van der Waals surface area contributed by atoms with Gasteiger partial charge in [0.2, 0.25) is 0 Å². The van der Waals surface area contributed by atoms with Crippen molar-refractivity contribution >= 4 is 17.2 Å². The second-order valence-electron chi connectivity index (χ2n) is 5.88. The molecule has 0 aliphatic carbocycles. The molecule has 1 aliphatic rings. The summed E-state index contributed by atoms with van der Waals surface area (Å²) in [5, 5.41) is 10.9. The van der Waals surface area contributed by atoms with E-state index in [-0.39, 0.29) is 11.5 Å². The molecule has 25 heavy (non-hydrogen) atoms. The minimum absolute atomic E-state index is 0.0263. The SMILES string of the molecule is COc1cc(F)ccc1N1CCN(c2cc(C)c([N+](=O)[O-])cn2)CC1. The molecule has 132 valence electrons. The lowest BCUT2D eigenvalue weighted by Crippen LogP contribution is -2.47. The number of hydrogen-bond acceptors (Lipinski definition) is 6. The summed E-state index contributed by atoms with van der Waals surface area (Å²) in [7, 11) is 1.53. The molecule has 8 heteroatoms. The van der Waals surface area contributed by atoms with Gasteiger partial charge in [0.05, 0.1) is 17.7 Å². The van der Waals surface area contributed by atoms with Crippen molar-refractivity contribution in [3.63, 3.8) is 0 Å². The van der Waals surface area contributed by atoms with Crippen molar-refractivity contribution in [1.29, 1.82) is 0 Å². The lowest BCUT2D eigenvalue weighted by molar-refractivity contribution is -0.385. The van der Waals surface area contributed by atoms with Gasteiger partial charge < -0.3 is 14.5 Å². The van der Waals surface area contributed by atoms with E-state index in [0.29, 0.717) is 24.4 Å². The molecule has 2 aromatic rings. The third kappa shape index (κ3) is 3.47. The predicted octanol–water partition coefficient (Wildman–Crippen LogP) is 2.77. The molecular formula is C17H19FN4O3. The van der Waals surface area contributed by atoms with Gasteiger partial charge in [-0.15, -0.1) is 0 Å². The van der Waals surface area contributed by atoms with E-state index >= 15 is 0 Å². The second kappa shape index (κ2) is 6.92. The first kappa shape index (κ1) is 16.9. The van der Waals surface area contributed by atoms with Crippen molar-refractivity contribution in [3.05, 3.63) is 52.0 Å². The van der Waals surface area contributed by atoms with E-state index in [1.807, 2.05) is 0 Å². The van der Waals surface area contributed by atoms with E-state index in [9.17, 15) is 14.5 Å². The van der Waals surface area contributed by atoms with Crippen LogP contribution in [0.1, 0.15) is 5.56 Å². The van der Waals surface area contributed by atoms with Gasteiger partial charge >= 0.3 is 0 Å². The number of aryl methyl sites for hydroxylation is 1. The smallest absolute Gasteiger partial charge is 0.290 e. The molecule has 0 saturated carbocycles. The Morgan fingerprint density at radius 3 is 2.48 bits per heavy atom. The fraction of sp³-hybridized carbons (Fsp3) is 0.353. The standard InChI is InChI=1S/C17H19FN4O3/c1-12-9-17(19-11-15(12)22(23)24)21-7-5-20(6-8-21)14-4-3-13(18)10-16(14)25-2/h3-4,9-11H,5-8H2,1-2H3. The first-order valence-electron chi connectivity index (χ1n) is 7.94. The minimum atomic E-state index is -0.426. The Balaban J connectivity index is 1.72. The number of methoxy groups -OCH3 is 1. The summed E-state index contributed by atoms with van der Waals surface area (Å²) in [4.78, 5) is 18.9. The summed E-state index contributed by atoms with van der Waals surface area (Å²) in [6.45, 7) is 4.58. The van der Waals surface area contributed by atoms with Crippen LogP contribution >= 0.6 is 0 Å². The maximum Gasteiger partial charge on any atom is 0.290 e. The van der Waals surface area contributed by atoms with Crippen LogP contribution in [-0.2, 0) is 0 Å². The molecule has 0 bridgehead atoms. The van der Waals surface area contributed by atoms with E-state index in [1.165, 1.54) is 25.4 Å². The van der Waals surface area contributed by atoms with Crippen LogP contribution in [0.15, 0.2) is 30.5 Å². The van der Waals surface area contributed by atoms with Crippen LogP contribution in [0.25, 0.3) is 0 Å². The van der Waals surface area contributed by atoms with Crippen LogP contribution in [0.3, 0.4) is 0 Å². The Morgan fingerprint density at radius 2 is 1.88 bits per heavy atom. The van der Waals surface area contributed by atoms with Gasteiger partial charge in [-0.05, 0) is 25.1 Å². The summed E-state index contributed by atoms with van der Waals surface area (Å²) in [6.07, 6.45) is 1.31. The van der Waals surface area contributed by atoms with Crippen molar-refractivity contribution < 1.29 is 14.1 Å². The van der Waals surface area contributed by atoms with E-state index in [4.69, 9.17) is 4.74 Å². The van der Waals surface area contributed by atoms with Crippen molar-refractivity contribution in [3.8, 4) is 5.75 Å². The average molecular weight is 346 g/mol. The van der Waals surface area contributed by atoms with Crippen LogP contribution in [0, 0.1) is 22.9 Å². The molecule has 1 aliphatic heterocycles. The Hall–Kier alpha value is -2.90. The van der Waals surface area contributed by atoms with Gasteiger partial charge in [-0.25, -0.2) is 9.37 Å². The number of halogens is 1. The predicted molar refractivity (Wildman–Crippen MR) is 93.0 cm³/mol. The fourth-order valence-corrected chi connectivity index (χ4v) is 2.99. The van der Waals surface area contributed by atoms with Crippen LogP contribution in [0.5, 0.6) is 5.75 Å². The number of benzene rings is 1. The zero-order valence-corrected chi connectivity index (χ0v) is 14.1. The Morgan fingerprint density at radius 1 is 1.20 bits per heavy atom. The zero-order valence-electron chi connectivity index (χ0n) is 14.1. The van der Waals surface area contributed by atoms with Gasteiger partial charge in [-0.2, -0.15) is 0 Å². The highest BCUT2D eigenvalue weighted by Gasteiger charge is 2.22. The molecule has 0 amide bonds. The van der Waals surface area contributed by atoms with Crippen molar-refractivity contribution in [2.75, 3.05) is 43.1 Å². The Bertz CT molecular complexity index is 791. The van der Waals surface area contributed by atoms with E-state index < -0.39 is 4.92 Å². The molecule has 7 nitrogen and oxygen atoms in total. The number of rotatable bonds is 4. The summed E-state index contributed by atoms with van der Waals surface area (Å²) in [5.74, 6) is 0.913. The first-order valence-corrected chi connectivity index (χ1v) is 7.94. The molecule has 1 aromatic carbocycles. The lowest BCUT2D eigenvalue weighted by atomic mass is 10.2. The second-order valence-corrected chi connectivity index (χ2v) is 5.88. The maximum atomic E-state index is 13.3. The van der Waals surface area contributed by atoms with Gasteiger partial charge in [0, 0.05) is 37.8 Å². The van der Waals surface area contributed by atoms with Gasteiger partial charge in [-0.3, -0.25) is 10.1 Å². The van der Waals surface area contributed by atoms with Crippen molar-refractivity contribution in [2.24, 2.45) is 0 Å². The van der Waals surface area contributed by atoms with Crippen LogP contribution < -0.4 is 14.5 Å².